The Hall–Kier alpha value is -2.33. The van der Waals surface area contributed by atoms with E-state index in [4.69, 9.17) is 11.6 Å². The maximum atomic E-state index is 12.7. The number of amides is 2. The number of nitrogens with one attached hydrogen (secondary N) is 1. The van der Waals surface area contributed by atoms with Gasteiger partial charge in [0, 0.05) is 25.0 Å². The highest BCUT2D eigenvalue weighted by Crippen LogP contribution is 2.36. The first kappa shape index (κ1) is 17.5. The zero-order valence-electron chi connectivity index (χ0n) is 14.1. The molecule has 0 unspecified atom stereocenters. The monoisotopic (exact) mass is 356 g/mol. The molecule has 2 aromatic rings. The van der Waals surface area contributed by atoms with E-state index >= 15 is 0 Å². The molecule has 0 radical (unpaired) electrons. The van der Waals surface area contributed by atoms with Gasteiger partial charge in [0.1, 0.15) is 0 Å². The van der Waals surface area contributed by atoms with Crippen molar-refractivity contribution < 1.29 is 9.59 Å². The van der Waals surface area contributed by atoms with Crippen molar-refractivity contribution in [2.45, 2.75) is 18.9 Å². The van der Waals surface area contributed by atoms with Gasteiger partial charge in [0.15, 0.2) is 0 Å². The lowest BCUT2D eigenvalue weighted by Crippen LogP contribution is -2.35. The molecule has 1 fully saturated rings. The Morgan fingerprint density at radius 1 is 1.16 bits per heavy atom. The van der Waals surface area contributed by atoms with Crippen molar-refractivity contribution in [2.75, 3.05) is 13.6 Å². The van der Waals surface area contributed by atoms with Gasteiger partial charge in [0.25, 0.3) is 0 Å². The summed E-state index contributed by atoms with van der Waals surface area (Å²) in [4.78, 5) is 26.5. The summed E-state index contributed by atoms with van der Waals surface area (Å²) in [5.74, 6) is -0.419. The van der Waals surface area contributed by atoms with Gasteiger partial charge in [0.2, 0.25) is 11.8 Å². The number of rotatable bonds is 5. The van der Waals surface area contributed by atoms with Crippen molar-refractivity contribution in [2.24, 2.45) is 5.92 Å². The maximum Gasteiger partial charge on any atom is 0.226 e. The Morgan fingerprint density at radius 2 is 1.84 bits per heavy atom. The van der Waals surface area contributed by atoms with Gasteiger partial charge in [-0.3, -0.25) is 9.59 Å². The third kappa shape index (κ3) is 4.02. The molecule has 1 aliphatic heterocycles. The quantitative estimate of drug-likeness (QED) is 0.894. The van der Waals surface area contributed by atoms with Gasteiger partial charge in [-0.1, -0.05) is 54.1 Å². The van der Waals surface area contributed by atoms with E-state index in [0.717, 1.165) is 17.5 Å². The number of carbonyl (C=O) groups is 2. The van der Waals surface area contributed by atoms with Crippen LogP contribution in [-0.2, 0) is 16.0 Å². The predicted octanol–water partition coefficient (Wildman–Crippen LogP) is 3.22. The number of likely N-dealkylation sites (tertiary alicyclic amines) is 1. The van der Waals surface area contributed by atoms with Crippen LogP contribution in [0.5, 0.6) is 0 Å². The molecule has 0 spiro atoms. The van der Waals surface area contributed by atoms with Gasteiger partial charge in [-0.15, -0.1) is 0 Å². The molecule has 0 aliphatic carbocycles. The largest absolute Gasteiger partial charge is 0.355 e. The maximum absolute atomic E-state index is 12.7. The zero-order valence-corrected chi connectivity index (χ0v) is 14.9. The second-order valence-corrected chi connectivity index (χ2v) is 6.77. The summed E-state index contributed by atoms with van der Waals surface area (Å²) in [7, 11) is 1.76. The molecule has 2 aromatic carbocycles. The first-order valence-corrected chi connectivity index (χ1v) is 8.77. The van der Waals surface area contributed by atoms with Gasteiger partial charge in [-0.25, -0.2) is 0 Å². The minimum atomic E-state index is -0.356. The highest BCUT2D eigenvalue weighted by Gasteiger charge is 2.42. The molecule has 4 nitrogen and oxygen atoms in total. The lowest BCUT2D eigenvalue weighted by Gasteiger charge is -2.24. The van der Waals surface area contributed by atoms with Crippen molar-refractivity contribution in [3.05, 3.63) is 70.7 Å². The summed E-state index contributed by atoms with van der Waals surface area (Å²) in [5, 5.41) is 3.68. The van der Waals surface area contributed by atoms with E-state index < -0.39 is 0 Å². The summed E-state index contributed by atoms with van der Waals surface area (Å²) in [5.41, 5.74) is 2.11. The van der Waals surface area contributed by atoms with Crippen LogP contribution in [0.3, 0.4) is 0 Å². The smallest absolute Gasteiger partial charge is 0.226 e. The van der Waals surface area contributed by atoms with E-state index in [-0.39, 0.29) is 30.2 Å². The number of benzene rings is 2. The Bertz CT molecular complexity index is 746. The van der Waals surface area contributed by atoms with Gasteiger partial charge < -0.3 is 10.2 Å². The van der Waals surface area contributed by atoms with E-state index in [1.165, 1.54) is 0 Å². The highest BCUT2D eigenvalue weighted by molar-refractivity contribution is 6.30. The van der Waals surface area contributed by atoms with Gasteiger partial charge in [0.05, 0.1) is 12.0 Å². The fourth-order valence-corrected chi connectivity index (χ4v) is 3.45. The van der Waals surface area contributed by atoms with Gasteiger partial charge in [-0.05, 0) is 29.7 Å². The fourth-order valence-electron chi connectivity index (χ4n) is 3.32. The van der Waals surface area contributed by atoms with E-state index in [1.54, 1.807) is 11.9 Å². The minimum Gasteiger partial charge on any atom is -0.355 e. The van der Waals surface area contributed by atoms with E-state index in [2.05, 4.69) is 5.32 Å². The molecule has 0 saturated carbocycles. The van der Waals surface area contributed by atoms with Crippen molar-refractivity contribution in [3.63, 3.8) is 0 Å². The molecule has 2 amide bonds. The number of hydrogen-bond acceptors (Lipinski definition) is 2. The molecule has 5 heteroatoms. The molecule has 1 heterocycles. The number of nitrogens with zero attached hydrogens (tertiary/aromatic N) is 1. The van der Waals surface area contributed by atoms with Crippen LogP contribution in [0, 0.1) is 5.92 Å². The number of carbonyl (C=O) groups excluding carboxylic acids is 2. The lowest BCUT2D eigenvalue weighted by molar-refractivity contribution is -0.128. The SMILES string of the molecule is CN1C(=O)C[C@@H](C(=O)NCCc2ccc(Cl)cc2)[C@@H]1c1ccccc1. The molecule has 25 heavy (non-hydrogen) atoms. The van der Waals surface area contributed by atoms with Crippen molar-refractivity contribution in [1.29, 1.82) is 0 Å². The van der Waals surface area contributed by atoms with E-state index in [1.807, 2.05) is 54.6 Å². The van der Waals surface area contributed by atoms with Crippen LogP contribution in [0.1, 0.15) is 23.6 Å². The molecule has 0 bridgehead atoms. The molecule has 3 rings (SSSR count). The molecule has 130 valence electrons. The standard InChI is InChI=1S/C20H21ClN2O2/c1-23-18(24)13-17(19(23)15-5-3-2-4-6-15)20(25)22-12-11-14-7-9-16(21)10-8-14/h2-10,17,19H,11-13H2,1H3,(H,22,25)/t17-,19+/m1/s1. The molecule has 2 atom stereocenters. The molecule has 1 saturated heterocycles. The Kier molecular flexibility index (Phi) is 5.39. The zero-order chi connectivity index (χ0) is 17.8. The second kappa shape index (κ2) is 7.70. The van der Waals surface area contributed by atoms with E-state index in [9.17, 15) is 9.59 Å². The van der Waals surface area contributed by atoms with Gasteiger partial charge in [-0.2, -0.15) is 0 Å². The van der Waals surface area contributed by atoms with Crippen molar-refractivity contribution in [3.8, 4) is 0 Å². The number of hydrogen-bond donors (Lipinski definition) is 1. The third-order valence-electron chi connectivity index (χ3n) is 4.69. The topological polar surface area (TPSA) is 49.4 Å². The molecular formula is C20H21ClN2O2. The molecular weight excluding hydrogens is 336 g/mol. The summed E-state index contributed by atoms with van der Waals surface area (Å²) in [6, 6.07) is 17.1. The molecule has 1 N–H and O–H groups in total. The summed E-state index contributed by atoms with van der Waals surface area (Å²) in [6.45, 7) is 0.538. The predicted molar refractivity (Wildman–Crippen MR) is 98.2 cm³/mol. The molecule has 0 aromatic heterocycles. The number of halogens is 1. The normalized spacial score (nSPS) is 19.9. The Morgan fingerprint density at radius 3 is 2.52 bits per heavy atom. The van der Waals surface area contributed by atoms with Crippen LogP contribution in [0.4, 0.5) is 0 Å². The average molecular weight is 357 g/mol. The fraction of sp³-hybridized carbons (Fsp3) is 0.300. The summed E-state index contributed by atoms with van der Waals surface area (Å²) < 4.78 is 0. The van der Waals surface area contributed by atoms with E-state index in [0.29, 0.717) is 11.6 Å². The van der Waals surface area contributed by atoms with Crippen LogP contribution < -0.4 is 5.32 Å². The van der Waals surface area contributed by atoms with Crippen LogP contribution in [-0.4, -0.2) is 30.3 Å². The van der Waals surface area contributed by atoms with Crippen molar-refractivity contribution in [1.82, 2.24) is 10.2 Å². The van der Waals surface area contributed by atoms with Crippen LogP contribution in [0.2, 0.25) is 5.02 Å². The second-order valence-electron chi connectivity index (χ2n) is 6.34. The molecule has 1 aliphatic rings. The average Bonchev–Trinajstić information content (AvgIpc) is 2.92. The Labute approximate surface area is 152 Å². The summed E-state index contributed by atoms with van der Waals surface area (Å²) in [6.07, 6.45) is 0.984. The van der Waals surface area contributed by atoms with Crippen LogP contribution in [0.15, 0.2) is 54.6 Å². The lowest BCUT2D eigenvalue weighted by atomic mass is 9.93. The third-order valence-corrected chi connectivity index (χ3v) is 4.94. The van der Waals surface area contributed by atoms with Gasteiger partial charge >= 0.3 is 0 Å². The van der Waals surface area contributed by atoms with Crippen molar-refractivity contribution >= 4 is 23.4 Å². The highest BCUT2D eigenvalue weighted by atomic mass is 35.5. The van der Waals surface area contributed by atoms with Crippen LogP contribution >= 0.6 is 11.6 Å². The first-order chi connectivity index (χ1) is 12.1. The first-order valence-electron chi connectivity index (χ1n) is 8.39. The Balaban J connectivity index is 1.63. The van der Waals surface area contributed by atoms with Crippen LogP contribution in [0.25, 0.3) is 0 Å². The minimum absolute atomic E-state index is 0.00621. The summed E-state index contributed by atoms with van der Waals surface area (Å²) >= 11 is 5.88.